The molecule has 0 spiro atoms. The van der Waals surface area contributed by atoms with Crippen molar-refractivity contribution in [3.05, 3.63) is 123 Å². The molecule has 0 saturated carbocycles. The van der Waals surface area contributed by atoms with Gasteiger partial charge < -0.3 is 19.7 Å². The molecule has 4 rings (SSSR count). The SMILES string of the molecule is CCOC(=O)c1c(C(=O)c2ccccc2)c(O)c(O)c(OC(=O)c2ccccc2)c1C(=O)c1cccc(Br)c1. The van der Waals surface area contributed by atoms with E-state index in [0.29, 0.717) is 4.47 Å². The van der Waals surface area contributed by atoms with E-state index in [-0.39, 0.29) is 23.3 Å². The van der Waals surface area contributed by atoms with Crippen LogP contribution in [0.3, 0.4) is 0 Å². The van der Waals surface area contributed by atoms with Crippen molar-refractivity contribution in [1.82, 2.24) is 0 Å². The summed E-state index contributed by atoms with van der Waals surface area (Å²) in [5, 5.41) is 22.1. The molecule has 8 nitrogen and oxygen atoms in total. The number of rotatable bonds is 8. The molecule has 39 heavy (non-hydrogen) atoms. The number of carbonyl (C=O) groups is 4. The highest BCUT2D eigenvalue weighted by Crippen LogP contribution is 2.46. The van der Waals surface area contributed by atoms with Crippen LogP contribution >= 0.6 is 15.9 Å². The molecule has 196 valence electrons. The summed E-state index contributed by atoms with van der Waals surface area (Å²) >= 11 is 3.29. The first kappa shape index (κ1) is 27.3. The summed E-state index contributed by atoms with van der Waals surface area (Å²) in [5.74, 6) is -6.76. The van der Waals surface area contributed by atoms with Gasteiger partial charge in [0.05, 0.1) is 28.9 Å². The van der Waals surface area contributed by atoms with Crippen LogP contribution < -0.4 is 4.74 Å². The second-order valence-electron chi connectivity index (χ2n) is 8.16. The largest absolute Gasteiger partial charge is 0.504 e. The van der Waals surface area contributed by atoms with Gasteiger partial charge in [-0.3, -0.25) is 9.59 Å². The molecule has 0 radical (unpaired) electrons. The number of phenolic OH excluding ortho intramolecular Hbond substituents is 2. The Kier molecular flexibility index (Phi) is 8.21. The zero-order chi connectivity index (χ0) is 28.1. The topological polar surface area (TPSA) is 127 Å². The zero-order valence-electron chi connectivity index (χ0n) is 20.5. The highest BCUT2D eigenvalue weighted by atomic mass is 79.9. The van der Waals surface area contributed by atoms with Crippen LogP contribution in [0.1, 0.15) is 59.5 Å². The van der Waals surface area contributed by atoms with Crippen LogP contribution in [0.2, 0.25) is 0 Å². The molecule has 0 fully saturated rings. The molecule has 0 saturated heterocycles. The van der Waals surface area contributed by atoms with E-state index in [1.165, 1.54) is 43.3 Å². The standard InChI is InChI=1S/C30H21BrO8/c1-2-38-30(37)21-22(24(32)17-10-5-3-6-11-17)26(34)27(35)28(39-29(36)18-12-7-4-8-13-18)23(21)25(33)19-14-9-15-20(31)16-19/h3-16,34-35H,2H2,1H3. The quantitative estimate of drug-likeness (QED) is 0.116. The number of ether oxygens (including phenoxy) is 2. The molecule has 0 aliphatic carbocycles. The van der Waals surface area contributed by atoms with E-state index < -0.39 is 57.4 Å². The molecular formula is C30H21BrO8. The van der Waals surface area contributed by atoms with E-state index in [4.69, 9.17) is 9.47 Å². The number of halogens is 1. The molecule has 0 bridgehead atoms. The summed E-state index contributed by atoms with van der Waals surface area (Å²) in [4.78, 5) is 53.8. The van der Waals surface area contributed by atoms with Crippen LogP contribution in [0, 0.1) is 0 Å². The summed E-state index contributed by atoms with van der Waals surface area (Å²) < 4.78 is 11.1. The maximum Gasteiger partial charge on any atom is 0.343 e. The number of esters is 2. The van der Waals surface area contributed by atoms with Crippen molar-refractivity contribution >= 4 is 39.4 Å². The highest BCUT2D eigenvalue weighted by Gasteiger charge is 2.37. The minimum atomic E-state index is -1.14. The van der Waals surface area contributed by atoms with E-state index in [1.54, 1.807) is 48.5 Å². The first-order valence-electron chi connectivity index (χ1n) is 11.7. The van der Waals surface area contributed by atoms with E-state index >= 15 is 0 Å². The van der Waals surface area contributed by atoms with E-state index in [0.717, 1.165) is 0 Å². The van der Waals surface area contributed by atoms with Gasteiger partial charge in [0.15, 0.2) is 23.1 Å². The summed E-state index contributed by atoms with van der Waals surface area (Å²) in [7, 11) is 0. The van der Waals surface area contributed by atoms with Crippen LogP contribution in [0.25, 0.3) is 0 Å². The monoisotopic (exact) mass is 588 g/mol. The maximum atomic E-state index is 13.9. The van der Waals surface area contributed by atoms with Gasteiger partial charge >= 0.3 is 11.9 Å². The average molecular weight is 589 g/mol. The molecule has 0 atom stereocenters. The number of ketones is 2. The zero-order valence-corrected chi connectivity index (χ0v) is 22.1. The molecule has 0 unspecified atom stereocenters. The lowest BCUT2D eigenvalue weighted by molar-refractivity contribution is 0.0517. The van der Waals surface area contributed by atoms with Crippen LogP contribution in [0.4, 0.5) is 0 Å². The molecule has 2 N–H and O–H groups in total. The van der Waals surface area contributed by atoms with Crippen molar-refractivity contribution in [2.45, 2.75) is 6.92 Å². The number of hydrogen-bond acceptors (Lipinski definition) is 8. The van der Waals surface area contributed by atoms with Gasteiger partial charge in [-0.2, -0.15) is 0 Å². The van der Waals surface area contributed by atoms with Crippen LogP contribution in [0.5, 0.6) is 17.2 Å². The Morgan fingerprint density at radius 2 is 1.23 bits per heavy atom. The second-order valence-corrected chi connectivity index (χ2v) is 9.08. The highest BCUT2D eigenvalue weighted by molar-refractivity contribution is 9.10. The normalized spacial score (nSPS) is 10.5. The Morgan fingerprint density at radius 3 is 1.82 bits per heavy atom. The first-order valence-corrected chi connectivity index (χ1v) is 12.5. The molecule has 9 heteroatoms. The van der Waals surface area contributed by atoms with Crippen molar-refractivity contribution < 1.29 is 38.9 Å². The Bertz CT molecular complexity index is 1580. The van der Waals surface area contributed by atoms with Gasteiger partial charge in [0.1, 0.15) is 0 Å². The lowest BCUT2D eigenvalue weighted by atomic mass is 9.88. The maximum absolute atomic E-state index is 13.9. The average Bonchev–Trinajstić information content (AvgIpc) is 2.95. The van der Waals surface area contributed by atoms with Crippen molar-refractivity contribution in [3.8, 4) is 17.2 Å². The number of phenols is 2. The number of hydrogen-bond donors (Lipinski definition) is 2. The van der Waals surface area contributed by atoms with E-state index in [9.17, 15) is 29.4 Å². The fourth-order valence-corrected chi connectivity index (χ4v) is 4.28. The van der Waals surface area contributed by atoms with Gasteiger partial charge in [-0.1, -0.05) is 76.6 Å². The van der Waals surface area contributed by atoms with Gasteiger partial charge in [0.25, 0.3) is 0 Å². The molecule has 4 aromatic rings. The fraction of sp³-hybridized carbons (Fsp3) is 0.0667. The van der Waals surface area contributed by atoms with Crippen molar-refractivity contribution in [2.24, 2.45) is 0 Å². The third-order valence-electron chi connectivity index (χ3n) is 5.66. The minimum Gasteiger partial charge on any atom is -0.504 e. The summed E-state index contributed by atoms with van der Waals surface area (Å²) in [5.41, 5.74) is -1.77. The molecule has 0 aliphatic rings. The van der Waals surface area contributed by atoms with Crippen LogP contribution in [-0.2, 0) is 4.74 Å². The molecule has 0 heterocycles. The van der Waals surface area contributed by atoms with E-state index in [1.807, 2.05) is 0 Å². The van der Waals surface area contributed by atoms with Gasteiger partial charge in [-0.15, -0.1) is 0 Å². The third-order valence-corrected chi connectivity index (χ3v) is 6.16. The molecule has 0 aliphatic heterocycles. The van der Waals surface area contributed by atoms with Crippen molar-refractivity contribution in [2.75, 3.05) is 6.61 Å². The third kappa shape index (κ3) is 5.58. The fourth-order valence-electron chi connectivity index (χ4n) is 3.88. The van der Waals surface area contributed by atoms with Gasteiger partial charge in [0.2, 0.25) is 5.75 Å². The Morgan fingerprint density at radius 1 is 0.667 bits per heavy atom. The second kappa shape index (κ2) is 11.7. The summed E-state index contributed by atoms with van der Waals surface area (Å²) in [6.07, 6.45) is 0. The van der Waals surface area contributed by atoms with Gasteiger partial charge in [-0.05, 0) is 31.2 Å². The molecular weight excluding hydrogens is 568 g/mol. The van der Waals surface area contributed by atoms with Crippen molar-refractivity contribution in [3.63, 3.8) is 0 Å². The lowest BCUT2D eigenvalue weighted by Crippen LogP contribution is -2.21. The Labute approximate surface area is 231 Å². The number of benzene rings is 4. The summed E-state index contributed by atoms with van der Waals surface area (Å²) in [6.45, 7) is 1.38. The van der Waals surface area contributed by atoms with Crippen molar-refractivity contribution in [1.29, 1.82) is 0 Å². The lowest BCUT2D eigenvalue weighted by Gasteiger charge is -2.20. The van der Waals surface area contributed by atoms with E-state index in [2.05, 4.69) is 15.9 Å². The smallest absolute Gasteiger partial charge is 0.343 e. The molecule has 0 amide bonds. The van der Waals surface area contributed by atoms with Gasteiger partial charge in [-0.25, -0.2) is 9.59 Å². The predicted molar refractivity (Wildman–Crippen MR) is 145 cm³/mol. The van der Waals surface area contributed by atoms with Crippen LogP contribution in [-0.4, -0.2) is 40.3 Å². The van der Waals surface area contributed by atoms with Gasteiger partial charge in [0, 0.05) is 15.6 Å². The predicted octanol–water partition coefficient (Wildman–Crippen LogP) is 5.72. The number of aromatic hydroxyl groups is 2. The Hall–Kier alpha value is -4.76. The molecule has 0 aromatic heterocycles. The minimum absolute atomic E-state index is 0.0372. The summed E-state index contributed by atoms with van der Waals surface area (Å²) in [6, 6.07) is 21.5. The molecule has 4 aromatic carbocycles. The van der Waals surface area contributed by atoms with Crippen LogP contribution in [0.15, 0.2) is 89.4 Å². The first-order chi connectivity index (χ1) is 18.7. The Balaban J connectivity index is 2.06. The number of carbonyl (C=O) groups excluding carboxylic acids is 4.